The maximum atomic E-state index is 11.8. The Kier molecular flexibility index (Phi) is 7.26. The number of carbonyl (C=O) groups excluding carboxylic acids is 2. The number of nitrogens with one attached hydrogen (secondary N) is 1. The molecular weight excluding hydrogens is 312 g/mol. The molecule has 0 unspecified atom stereocenters. The van der Waals surface area contributed by atoms with Crippen LogP contribution in [0, 0.1) is 0 Å². The van der Waals surface area contributed by atoms with Gasteiger partial charge in [0.25, 0.3) is 0 Å². The van der Waals surface area contributed by atoms with Crippen molar-refractivity contribution in [3.05, 3.63) is 24.3 Å². The lowest BCUT2D eigenvalue weighted by Crippen LogP contribution is -2.29. The Morgan fingerprint density at radius 1 is 1.13 bits per heavy atom. The third-order valence-corrected chi connectivity index (χ3v) is 4.54. The summed E-state index contributed by atoms with van der Waals surface area (Å²) in [6, 6.07) is 7.95. The van der Waals surface area contributed by atoms with E-state index in [1.54, 1.807) is 6.92 Å². The SMILES string of the molecule is CCOC(=O)CSCC(=O)Nc1ccc(N2CCCCC2)cc1. The first-order valence-electron chi connectivity index (χ1n) is 8.07. The number of esters is 1. The van der Waals surface area contributed by atoms with E-state index in [9.17, 15) is 9.59 Å². The van der Waals surface area contributed by atoms with Gasteiger partial charge >= 0.3 is 5.97 Å². The first-order valence-corrected chi connectivity index (χ1v) is 9.22. The highest BCUT2D eigenvalue weighted by atomic mass is 32.2. The molecule has 1 amide bonds. The molecule has 1 N–H and O–H groups in total. The zero-order valence-electron chi connectivity index (χ0n) is 13.5. The zero-order chi connectivity index (χ0) is 16.5. The Labute approximate surface area is 141 Å². The summed E-state index contributed by atoms with van der Waals surface area (Å²) in [4.78, 5) is 25.4. The van der Waals surface area contributed by atoms with E-state index in [4.69, 9.17) is 4.74 Å². The lowest BCUT2D eigenvalue weighted by Gasteiger charge is -2.28. The van der Waals surface area contributed by atoms with Gasteiger partial charge in [-0.25, -0.2) is 0 Å². The van der Waals surface area contributed by atoms with E-state index < -0.39 is 0 Å². The van der Waals surface area contributed by atoms with Gasteiger partial charge in [0.15, 0.2) is 0 Å². The number of piperidine rings is 1. The fourth-order valence-electron chi connectivity index (χ4n) is 2.53. The fraction of sp³-hybridized carbons (Fsp3) is 0.529. The maximum absolute atomic E-state index is 11.8. The summed E-state index contributed by atoms with van der Waals surface area (Å²) in [5, 5.41) is 2.85. The van der Waals surface area contributed by atoms with Crippen LogP contribution in [-0.2, 0) is 14.3 Å². The minimum absolute atomic E-state index is 0.106. The Balaban J connectivity index is 1.74. The van der Waals surface area contributed by atoms with E-state index in [0.717, 1.165) is 18.8 Å². The lowest BCUT2D eigenvalue weighted by atomic mass is 10.1. The van der Waals surface area contributed by atoms with Crippen molar-refractivity contribution in [1.82, 2.24) is 0 Å². The predicted molar refractivity (Wildman–Crippen MR) is 95.1 cm³/mol. The largest absolute Gasteiger partial charge is 0.465 e. The van der Waals surface area contributed by atoms with E-state index in [1.807, 2.05) is 24.3 Å². The quantitative estimate of drug-likeness (QED) is 0.776. The molecule has 6 heteroatoms. The summed E-state index contributed by atoms with van der Waals surface area (Å²) in [6.07, 6.45) is 3.81. The fourth-order valence-corrected chi connectivity index (χ4v) is 3.14. The van der Waals surface area contributed by atoms with Gasteiger partial charge in [0.1, 0.15) is 0 Å². The van der Waals surface area contributed by atoms with Gasteiger partial charge in [-0.2, -0.15) is 0 Å². The summed E-state index contributed by atoms with van der Waals surface area (Å²) < 4.78 is 4.82. The summed E-state index contributed by atoms with van der Waals surface area (Å²) in [5.41, 5.74) is 1.99. The van der Waals surface area contributed by atoms with Crippen molar-refractivity contribution in [3.63, 3.8) is 0 Å². The van der Waals surface area contributed by atoms with Crippen molar-refractivity contribution >= 4 is 35.0 Å². The van der Waals surface area contributed by atoms with Gasteiger partial charge in [0, 0.05) is 24.5 Å². The van der Waals surface area contributed by atoms with Crippen LogP contribution < -0.4 is 10.2 Å². The zero-order valence-corrected chi connectivity index (χ0v) is 14.4. The predicted octanol–water partition coefficient (Wildman–Crippen LogP) is 2.91. The van der Waals surface area contributed by atoms with Crippen molar-refractivity contribution in [2.45, 2.75) is 26.2 Å². The summed E-state index contributed by atoms with van der Waals surface area (Å²) >= 11 is 1.26. The number of thioether (sulfide) groups is 1. The molecule has 1 fully saturated rings. The molecule has 1 heterocycles. The molecule has 0 bridgehead atoms. The monoisotopic (exact) mass is 336 g/mol. The molecule has 2 rings (SSSR count). The highest BCUT2D eigenvalue weighted by Crippen LogP contribution is 2.21. The first kappa shape index (κ1) is 17.7. The van der Waals surface area contributed by atoms with Gasteiger partial charge in [0.2, 0.25) is 5.91 Å². The molecule has 23 heavy (non-hydrogen) atoms. The summed E-state index contributed by atoms with van der Waals surface area (Å²) in [7, 11) is 0. The highest BCUT2D eigenvalue weighted by molar-refractivity contribution is 8.00. The average molecular weight is 336 g/mol. The normalized spacial score (nSPS) is 14.4. The Hall–Kier alpha value is -1.69. The van der Waals surface area contributed by atoms with Crippen molar-refractivity contribution in [1.29, 1.82) is 0 Å². The van der Waals surface area contributed by atoms with Crippen molar-refractivity contribution in [2.75, 3.05) is 41.4 Å². The van der Waals surface area contributed by atoms with Crippen LogP contribution >= 0.6 is 11.8 Å². The van der Waals surface area contributed by atoms with Gasteiger partial charge in [-0.1, -0.05) is 0 Å². The Morgan fingerprint density at radius 2 is 1.83 bits per heavy atom. The first-order chi connectivity index (χ1) is 11.2. The molecule has 1 aromatic rings. The van der Waals surface area contributed by atoms with Crippen molar-refractivity contribution < 1.29 is 14.3 Å². The van der Waals surface area contributed by atoms with Crippen LogP contribution in [0.15, 0.2) is 24.3 Å². The van der Waals surface area contributed by atoms with Crippen molar-refractivity contribution in [2.24, 2.45) is 0 Å². The van der Waals surface area contributed by atoms with Crippen LogP contribution in [0.4, 0.5) is 11.4 Å². The molecule has 1 aliphatic rings. The molecule has 0 spiro atoms. The second-order valence-corrected chi connectivity index (χ2v) is 6.43. The van der Waals surface area contributed by atoms with Crippen LogP contribution in [0.3, 0.4) is 0 Å². The molecule has 0 aromatic heterocycles. The molecule has 0 atom stereocenters. The van der Waals surface area contributed by atoms with E-state index in [1.165, 1.54) is 36.7 Å². The molecule has 1 aromatic carbocycles. The minimum Gasteiger partial charge on any atom is -0.465 e. The Bertz CT molecular complexity index is 513. The van der Waals surface area contributed by atoms with Gasteiger partial charge < -0.3 is 15.0 Å². The number of nitrogens with zero attached hydrogens (tertiary/aromatic N) is 1. The maximum Gasteiger partial charge on any atom is 0.315 e. The summed E-state index contributed by atoms with van der Waals surface area (Å²) in [6.45, 7) is 4.35. The van der Waals surface area contributed by atoms with Crippen LogP contribution in [0.5, 0.6) is 0 Å². The number of ether oxygens (including phenoxy) is 1. The van der Waals surface area contributed by atoms with Gasteiger partial charge in [0.05, 0.1) is 18.1 Å². The van der Waals surface area contributed by atoms with Gasteiger partial charge in [-0.05, 0) is 50.5 Å². The molecule has 126 valence electrons. The molecule has 0 aliphatic carbocycles. The smallest absolute Gasteiger partial charge is 0.315 e. The third kappa shape index (κ3) is 6.14. The lowest BCUT2D eigenvalue weighted by molar-refractivity contribution is -0.139. The number of rotatable bonds is 7. The third-order valence-electron chi connectivity index (χ3n) is 3.63. The van der Waals surface area contributed by atoms with E-state index in [2.05, 4.69) is 10.2 Å². The second-order valence-electron chi connectivity index (χ2n) is 5.44. The van der Waals surface area contributed by atoms with Crippen LogP contribution in [0.1, 0.15) is 26.2 Å². The number of hydrogen-bond donors (Lipinski definition) is 1. The standard InChI is InChI=1S/C17H24N2O3S/c1-2-22-17(21)13-23-12-16(20)18-14-6-8-15(9-7-14)19-10-4-3-5-11-19/h6-9H,2-5,10-13H2,1H3,(H,18,20). The number of amides is 1. The number of hydrogen-bond acceptors (Lipinski definition) is 5. The van der Waals surface area contributed by atoms with Gasteiger partial charge in [-0.15, -0.1) is 11.8 Å². The summed E-state index contributed by atoms with van der Waals surface area (Å²) in [5.74, 6) is 0.0585. The number of carbonyl (C=O) groups is 2. The van der Waals surface area contributed by atoms with Crippen LogP contribution in [-0.4, -0.2) is 43.1 Å². The molecule has 0 saturated carbocycles. The van der Waals surface area contributed by atoms with Crippen molar-refractivity contribution in [3.8, 4) is 0 Å². The minimum atomic E-state index is -0.281. The van der Waals surface area contributed by atoms with E-state index in [-0.39, 0.29) is 23.4 Å². The van der Waals surface area contributed by atoms with Crippen LogP contribution in [0.2, 0.25) is 0 Å². The Morgan fingerprint density at radius 3 is 2.48 bits per heavy atom. The highest BCUT2D eigenvalue weighted by Gasteiger charge is 2.11. The molecule has 0 radical (unpaired) electrons. The number of anilines is 2. The number of benzene rings is 1. The van der Waals surface area contributed by atoms with E-state index >= 15 is 0 Å². The average Bonchev–Trinajstić information content (AvgIpc) is 2.56. The molecule has 1 saturated heterocycles. The topological polar surface area (TPSA) is 58.6 Å². The van der Waals surface area contributed by atoms with Crippen LogP contribution in [0.25, 0.3) is 0 Å². The molecular formula is C17H24N2O3S. The van der Waals surface area contributed by atoms with Gasteiger partial charge in [-0.3, -0.25) is 9.59 Å². The molecule has 5 nitrogen and oxygen atoms in total. The van der Waals surface area contributed by atoms with E-state index in [0.29, 0.717) is 6.61 Å². The second kappa shape index (κ2) is 9.45. The molecule has 1 aliphatic heterocycles.